The maximum Gasteiger partial charge on any atom is 0.278 e. The van der Waals surface area contributed by atoms with Gasteiger partial charge < -0.3 is 0 Å². The lowest BCUT2D eigenvalue weighted by atomic mass is 10.1. The van der Waals surface area contributed by atoms with Crippen LogP contribution in [0.1, 0.15) is 11.4 Å². The van der Waals surface area contributed by atoms with Gasteiger partial charge in [0, 0.05) is 12.3 Å². The molecular weight excluding hydrogens is 336 g/mol. The second kappa shape index (κ2) is 4.92. The van der Waals surface area contributed by atoms with Crippen LogP contribution in [0.4, 0.5) is 5.69 Å². The van der Waals surface area contributed by atoms with Crippen LogP contribution in [0, 0.1) is 24.0 Å². The molecule has 0 spiro atoms. The summed E-state index contributed by atoms with van der Waals surface area (Å²) in [5, 5.41) is 16.1. The predicted octanol–water partition coefficient (Wildman–Crippen LogP) is 3.71. The second-order valence-electron chi connectivity index (χ2n) is 4.66. The zero-order chi connectivity index (χ0) is 15.1. The van der Waals surface area contributed by atoms with Crippen LogP contribution in [0.2, 0.25) is 0 Å². The number of non-ortho nitro benzene ring substituents is 1. The van der Waals surface area contributed by atoms with Gasteiger partial charge in [-0.05, 0) is 48.0 Å². The predicted molar refractivity (Wildman–Crippen MR) is 82.7 cm³/mol. The average molecular weight is 347 g/mol. The van der Waals surface area contributed by atoms with Gasteiger partial charge in [0.05, 0.1) is 31.9 Å². The van der Waals surface area contributed by atoms with Gasteiger partial charge in [-0.3, -0.25) is 15.1 Å². The Balaban J connectivity index is 2.37. The molecule has 0 fully saturated rings. The molecule has 0 aliphatic heterocycles. The third kappa shape index (κ3) is 2.09. The van der Waals surface area contributed by atoms with Gasteiger partial charge in [-0.1, -0.05) is 0 Å². The van der Waals surface area contributed by atoms with Crippen molar-refractivity contribution in [2.75, 3.05) is 0 Å². The summed E-state index contributed by atoms with van der Waals surface area (Å²) in [6.07, 6.45) is 1.62. The zero-order valence-corrected chi connectivity index (χ0v) is 13.0. The van der Waals surface area contributed by atoms with Gasteiger partial charge in [0.25, 0.3) is 5.69 Å². The minimum absolute atomic E-state index is 0.0439. The number of halogens is 1. The molecule has 2 heterocycles. The van der Waals surface area contributed by atoms with Crippen molar-refractivity contribution in [3.8, 4) is 5.69 Å². The SMILES string of the molecule is Cc1nn(-c2ccc([N+](=O)[O-])c3cccnc23)c(C)c1Br. The summed E-state index contributed by atoms with van der Waals surface area (Å²) in [5.41, 5.74) is 3.11. The Labute approximate surface area is 128 Å². The van der Waals surface area contributed by atoms with E-state index in [1.54, 1.807) is 29.1 Å². The fourth-order valence-electron chi connectivity index (χ4n) is 2.33. The highest BCUT2D eigenvalue weighted by molar-refractivity contribution is 9.10. The first-order valence-electron chi connectivity index (χ1n) is 6.25. The molecule has 3 rings (SSSR count). The Morgan fingerprint density at radius 1 is 1.29 bits per heavy atom. The van der Waals surface area contributed by atoms with Crippen molar-refractivity contribution in [3.05, 3.63) is 56.4 Å². The maximum absolute atomic E-state index is 11.1. The number of aryl methyl sites for hydroxylation is 1. The normalized spacial score (nSPS) is 11.0. The fourth-order valence-corrected chi connectivity index (χ4v) is 2.58. The molecule has 0 bridgehead atoms. The zero-order valence-electron chi connectivity index (χ0n) is 11.4. The van der Waals surface area contributed by atoms with Crippen LogP contribution >= 0.6 is 15.9 Å². The van der Waals surface area contributed by atoms with E-state index in [1.807, 2.05) is 13.8 Å². The molecule has 0 radical (unpaired) electrons. The van der Waals surface area contributed by atoms with E-state index in [1.165, 1.54) is 6.07 Å². The van der Waals surface area contributed by atoms with E-state index in [-0.39, 0.29) is 5.69 Å². The van der Waals surface area contributed by atoms with Crippen molar-refractivity contribution >= 4 is 32.5 Å². The van der Waals surface area contributed by atoms with E-state index < -0.39 is 4.92 Å². The van der Waals surface area contributed by atoms with Gasteiger partial charge in [0.2, 0.25) is 0 Å². The Morgan fingerprint density at radius 3 is 2.67 bits per heavy atom. The smallest absolute Gasteiger partial charge is 0.258 e. The number of fused-ring (bicyclic) bond motifs is 1. The van der Waals surface area contributed by atoms with Gasteiger partial charge in [0.15, 0.2) is 0 Å². The first kappa shape index (κ1) is 13.7. The standard InChI is InChI=1S/C14H11BrN4O2/c1-8-13(15)9(2)18(17-8)12-6-5-11(19(20)21)10-4-3-7-16-14(10)12/h3-7H,1-2H3. The van der Waals surface area contributed by atoms with Crippen molar-refractivity contribution in [2.24, 2.45) is 0 Å². The summed E-state index contributed by atoms with van der Waals surface area (Å²) in [7, 11) is 0. The lowest BCUT2D eigenvalue weighted by molar-refractivity contribution is -0.383. The summed E-state index contributed by atoms with van der Waals surface area (Å²) >= 11 is 3.49. The molecule has 3 aromatic rings. The highest BCUT2D eigenvalue weighted by Crippen LogP contribution is 2.31. The first-order valence-corrected chi connectivity index (χ1v) is 7.04. The molecule has 1 aromatic carbocycles. The number of aromatic nitrogens is 3. The van der Waals surface area contributed by atoms with Gasteiger partial charge in [-0.2, -0.15) is 5.10 Å². The number of hydrogen-bond acceptors (Lipinski definition) is 4. The summed E-state index contributed by atoms with van der Waals surface area (Å²) < 4.78 is 2.67. The van der Waals surface area contributed by atoms with Gasteiger partial charge in [0.1, 0.15) is 5.52 Å². The van der Waals surface area contributed by atoms with Crippen LogP contribution in [0.15, 0.2) is 34.9 Å². The number of benzene rings is 1. The number of nitrogens with zero attached hydrogens (tertiary/aromatic N) is 4. The number of rotatable bonds is 2. The van der Waals surface area contributed by atoms with Crippen molar-refractivity contribution in [2.45, 2.75) is 13.8 Å². The minimum Gasteiger partial charge on any atom is -0.258 e. The van der Waals surface area contributed by atoms with Crippen LogP contribution < -0.4 is 0 Å². The van der Waals surface area contributed by atoms with Crippen LogP contribution in [0.3, 0.4) is 0 Å². The molecule has 6 nitrogen and oxygen atoms in total. The van der Waals surface area contributed by atoms with Gasteiger partial charge >= 0.3 is 0 Å². The van der Waals surface area contributed by atoms with Gasteiger partial charge in [-0.15, -0.1) is 0 Å². The molecule has 21 heavy (non-hydrogen) atoms. The van der Waals surface area contributed by atoms with Crippen molar-refractivity contribution < 1.29 is 4.92 Å². The molecule has 0 saturated heterocycles. The minimum atomic E-state index is -0.398. The van der Waals surface area contributed by atoms with E-state index in [0.29, 0.717) is 10.9 Å². The van der Waals surface area contributed by atoms with Crippen LogP contribution in [0.25, 0.3) is 16.6 Å². The second-order valence-corrected chi connectivity index (χ2v) is 5.45. The van der Waals surface area contributed by atoms with E-state index in [9.17, 15) is 10.1 Å². The third-order valence-electron chi connectivity index (χ3n) is 3.35. The third-order valence-corrected chi connectivity index (χ3v) is 4.50. The molecule has 7 heteroatoms. The monoisotopic (exact) mass is 346 g/mol. The average Bonchev–Trinajstić information content (AvgIpc) is 2.73. The highest BCUT2D eigenvalue weighted by Gasteiger charge is 2.18. The topological polar surface area (TPSA) is 73.8 Å². The van der Waals surface area contributed by atoms with Gasteiger partial charge in [-0.25, -0.2) is 4.68 Å². The van der Waals surface area contributed by atoms with E-state index >= 15 is 0 Å². The molecule has 0 amide bonds. The first-order chi connectivity index (χ1) is 10.0. The maximum atomic E-state index is 11.1. The Hall–Kier alpha value is -2.28. The summed E-state index contributed by atoms with van der Waals surface area (Å²) in [6, 6.07) is 6.56. The molecule has 0 unspecified atom stereocenters. The molecule has 0 aliphatic carbocycles. The summed E-state index contributed by atoms with van der Waals surface area (Å²) in [5.74, 6) is 0. The lowest BCUT2D eigenvalue weighted by Crippen LogP contribution is -2.02. The van der Waals surface area contributed by atoms with Crippen LogP contribution in [-0.2, 0) is 0 Å². The molecule has 0 aliphatic rings. The molecule has 0 atom stereocenters. The Kier molecular flexibility index (Phi) is 3.21. The van der Waals surface area contributed by atoms with Crippen molar-refractivity contribution in [3.63, 3.8) is 0 Å². The van der Waals surface area contributed by atoms with E-state index in [4.69, 9.17) is 0 Å². The quantitative estimate of drug-likeness (QED) is 0.523. The van der Waals surface area contributed by atoms with Crippen LogP contribution in [0.5, 0.6) is 0 Å². The number of nitro benzene ring substituents is 1. The van der Waals surface area contributed by atoms with Crippen LogP contribution in [-0.4, -0.2) is 19.7 Å². The Bertz CT molecular complexity index is 873. The van der Waals surface area contributed by atoms with E-state index in [0.717, 1.165) is 21.5 Å². The van der Waals surface area contributed by atoms with E-state index in [2.05, 4.69) is 26.0 Å². The molecule has 106 valence electrons. The number of nitro groups is 1. The van der Waals surface area contributed by atoms with Crippen molar-refractivity contribution in [1.29, 1.82) is 0 Å². The number of hydrogen-bond donors (Lipinski definition) is 0. The highest BCUT2D eigenvalue weighted by atomic mass is 79.9. The largest absolute Gasteiger partial charge is 0.278 e. The summed E-state index contributed by atoms with van der Waals surface area (Å²) in [4.78, 5) is 15.0. The fraction of sp³-hybridized carbons (Fsp3) is 0.143. The summed E-state index contributed by atoms with van der Waals surface area (Å²) in [6.45, 7) is 3.83. The lowest BCUT2D eigenvalue weighted by Gasteiger charge is -2.08. The molecule has 0 saturated carbocycles. The van der Waals surface area contributed by atoms with Crippen molar-refractivity contribution in [1.82, 2.24) is 14.8 Å². The molecular formula is C14H11BrN4O2. The Morgan fingerprint density at radius 2 is 2.05 bits per heavy atom. The molecule has 0 N–H and O–H groups in total. The number of pyridine rings is 1. The molecule has 2 aromatic heterocycles.